The van der Waals surface area contributed by atoms with E-state index in [1.54, 1.807) is 25.1 Å². The Morgan fingerprint density at radius 2 is 1.88 bits per heavy atom. The van der Waals surface area contributed by atoms with Gasteiger partial charge in [-0.05, 0) is 30.2 Å². The second-order valence-corrected chi connectivity index (χ2v) is 8.70. The number of nitrogens with zero attached hydrogens (tertiary/aromatic N) is 1. The van der Waals surface area contributed by atoms with Gasteiger partial charge in [-0.25, -0.2) is 4.79 Å². The second kappa shape index (κ2) is 9.97. The van der Waals surface area contributed by atoms with E-state index in [2.05, 4.69) is 5.32 Å². The lowest BCUT2D eigenvalue weighted by Crippen LogP contribution is -2.49. The maximum absolute atomic E-state index is 13.0. The predicted molar refractivity (Wildman–Crippen MR) is 127 cm³/mol. The van der Waals surface area contributed by atoms with Crippen LogP contribution in [-0.4, -0.2) is 47.5 Å². The number of benzene rings is 2. The number of rotatable bonds is 8. The molecular weight excluding hydrogens is 440 g/mol. The molecule has 7 nitrogen and oxygen atoms in total. The number of thiophene rings is 1. The average Bonchev–Trinajstić information content (AvgIpc) is 3.20. The van der Waals surface area contributed by atoms with Crippen molar-refractivity contribution in [3.63, 3.8) is 0 Å². The molecule has 2 heterocycles. The highest BCUT2D eigenvalue weighted by Crippen LogP contribution is 2.36. The van der Waals surface area contributed by atoms with E-state index in [4.69, 9.17) is 9.84 Å². The Morgan fingerprint density at radius 3 is 2.58 bits per heavy atom. The Bertz CT molecular complexity index is 1170. The van der Waals surface area contributed by atoms with Gasteiger partial charge in [-0.3, -0.25) is 14.5 Å². The fourth-order valence-electron chi connectivity index (χ4n) is 3.79. The summed E-state index contributed by atoms with van der Waals surface area (Å²) in [5.74, 6) is -1.90. The van der Waals surface area contributed by atoms with Gasteiger partial charge >= 0.3 is 11.9 Å². The molecule has 4 rings (SSSR count). The molecule has 1 fully saturated rings. The summed E-state index contributed by atoms with van der Waals surface area (Å²) < 4.78 is 5.25. The molecule has 1 saturated heterocycles. The number of ether oxygens (including phenoxy) is 1. The molecule has 2 N–H and O–H groups in total. The van der Waals surface area contributed by atoms with Gasteiger partial charge in [0, 0.05) is 36.1 Å². The van der Waals surface area contributed by atoms with Gasteiger partial charge in [0.15, 0.2) is 0 Å². The van der Waals surface area contributed by atoms with Crippen LogP contribution in [0.25, 0.3) is 11.1 Å². The molecule has 0 aliphatic carbocycles. The lowest BCUT2D eigenvalue weighted by atomic mass is 9.99. The van der Waals surface area contributed by atoms with Crippen molar-refractivity contribution in [2.45, 2.75) is 13.5 Å². The number of aliphatic carboxylic acids is 1. The number of anilines is 1. The maximum atomic E-state index is 13.0. The third-order valence-corrected chi connectivity index (χ3v) is 6.38. The molecule has 0 saturated carbocycles. The van der Waals surface area contributed by atoms with E-state index in [9.17, 15) is 14.4 Å². The molecular formula is C25H24N2O5S. The predicted octanol–water partition coefficient (Wildman–Crippen LogP) is 4.36. The van der Waals surface area contributed by atoms with E-state index in [1.807, 2.05) is 46.7 Å². The topological polar surface area (TPSA) is 95.9 Å². The number of esters is 1. The average molecular weight is 465 g/mol. The van der Waals surface area contributed by atoms with Gasteiger partial charge in [-0.2, -0.15) is 0 Å². The van der Waals surface area contributed by atoms with Crippen molar-refractivity contribution in [3.8, 4) is 11.1 Å². The van der Waals surface area contributed by atoms with Crippen LogP contribution in [0.5, 0.6) is 0 Å². The first-order valence-corrected chi connectivity index (χ1v) is 11.5. The first-order valence-electron chi connectivity index (χ1n) is 10.7. The van der Waals surface area contributed by atoms with Crippen LogP contribution >= 0.6 is 11.3 Å². The zero-order valence-electron chi connectivity index (χ0n) is 18.1. The largest absolute Gasteiger partial charge is 0.481 e. The summed E-state index contributed by atoms with van der Waals surface area (Å²) in [6, 6.07) is 16.7. The minimum Gasteiger partial charge on any atom is -0.481 e. The van der Waals surface area contributed by atoms with Crippen LogP contribution < -0.4 is 5.32 Å². The summed E-state index contributed by atoms with van der Waals surface area (Å²) in [6.45, 7) is 3.57. The van der Waals surface area contributed by atoms with Crippen LogP contribution in [0.3, 0.4) is 0 Å². The molecule has 33 heavy (non-hydrogen) atoms. The smallest absolute Gasteiger partial charge is 0.341 e. The lowest BCUT2D eigenvalue weighted by Gasteiger charge is -2.36. The second-order valence-electron chi connectivity index (χ2n) is 7.82. The number of amides is 1. The monoisotopic (exact) mass is 464 g/mol. The fraction of sp³-hybridized carbons (Fsp3) is 0.240. The van der Waals surface area contributed by atoms with Crippen molar-refractivity contribution in [1.82, 2.24) is 4.90 Å². The fourth-order valence-corrected chi connectivity index (χ4v) is 4.74. The number of nitrogens with one attached hydrogen (secondary N) is 1. The van der Waals surface area contributed by atoms with Crippen LogP contribution in [0.2, 0.25) is 0 Å². The highest BCUT2D eigenvalue weighted by Gasteiger charge is 2.32. The molecule has 2 aromatic carbocycles. The Hall–Kier alpha value is -3.49. The normalized spacial score (nSPS) is 13.8. The molecule has 0 radical (unpaired) electrons. The summed E-state index contributed by atoms with van der Waals surface area (Å²) in [4.78, 5) is 38.7. The number of carboxylic acid groups (broad SMARTS) is 1. The van der Waals surface area contributed by atoms with Crippen molar-refractivity contribution in [2.75, 3.05) is 25.0 Å². The standard InChI is InChI=1S/C25H24N2O5S/c1-2-32-25(31)21-20(17-8-4-3-5-9-17)15-33-23(21)26-22(28)18-10-6-7-16(11-18)12-27-13-19(14-27)24(29)30/h3-11,15,19H,2,12-14H2,1H3,(H,26,28)(H,29,30). The van der Waals surface area contributed by atoms with Crippen LogP contribution in [-0.2, 0) is 16.1 Å². The van der Waals surface area contributed by atoms with Gasteiger partial charge in [0.2, 0.25) is 0 Å². The molecule has 0 unspecified atom stereocenters. The zero-order valence-corrected chi connectivity index (χ0v) is 18.9. The first-order chi connectivity index (χ1) is 16.0. The molecule has 1 aromatic heterocycles. The van der Waals surface area contributed by atoms with Gasteiger partial charge in [0.1, 0.15) is 10.6 Å². The highest BCUT2D eigenvalue weighted by molar-refractivity contribution is 7.15. The van der Waals surface area contributed by atoms with Gasteiger partial charge in [0.25, 0.3) is 5.91 Å². The molecule has 0 atom stereocenters. The SMILES string of the molecule is CCOC(=O)c1c(-c2ccccc2)csc1NC(=O)c1cccc(CN2CC(C(=O)O)C2)c1. The summed E-state index contributed by atoms with van der Waals surface area (Å²) in [5, 5.41) is 14.2. The number of likely N-dealkylation sites (tertiary alicyclic amines) is 1. The minimum absolute atomic E-state index is 0.234. The lowest BCUT2D eigenvalue weighted by molar-refractivity contribution is -0.147. The maximum Gasteiger partial charge on any atom is 0.341 e. The molecule has 8 heteroatoms. The molecule has 0 bridgehead atoms. The van der Waals surface area contributed by atoms with E-state index >= 15 is 0 Å². The van der Waals surface area contributed by atoms with E-state index in [0.717, 1.165) is 11.1 Å². The summed E-state index contributed by atoms with van der Waals surface area (Å²) >= 11 is 1.28. The Kier molecular flexibility index (Phi) is 6.86. The third kappa shape index (κ3) is 5.13. The molecule has 1 aliphatic heterocycles. The van der Waals surface area contributed by atoms with Crippen molar-refractivity contribution in [1.29, 1.82) is 0 Å². The van der Waals surface area contributed by atoms with Gasteiger partial charge in [-0.1, -0.05) is 42.5 Å². The van der Waals surface area contributed by atoms with Crippen LogP contribution in [0, 0.1) is 5.92 Å². The van der Waals surface area contributed by atoms with Gasteiger partial charge in [-0.15, -0.1) is 11.3 Å². The number of carbonyl (C=O) groups excluding carboxylic acids is 2. The van der Waals surface area contributed by atoms with Crippen molar-refractivity contribution in [3.05, 3.63) is 76.7 Å². The highest BCUT2D eigenvalue weighted by atomic mass is 32.1. The minimum atomic E-state index is -0.775. The number of hydrogen-bond acceptors (Lipinski definition) is 6. The molecule has 0 spiro atoms. The number of carbonyl (C=O) groups is 3. The Labute approximate surface area is 195 Å². The van der Waals surface area contributed by atoms with Crippen LogP contribution in [0.4, 0.5) is 5.00 Å². The summed E-state index contributed by atoms with van der Waals surface area (Å²) in [6.07, 6.45) is 0. The van der Waals surface area contributed by atoms with Gasteiger partial charge in [0.05, 0.1) is 12.5 Å². The zero-order chi connectivity index (χ0) is 23.4. The van der Waals surface area contributed by atoms with Crippen molar-refractivity contribution >= 4 is 34.2 Å². The quantitative estimate of drug-likeness (QED) is 0.481. The first kappa shape index (κ1) is 22.7. The van der Waals surface area contributed by atoms with E-state index in [-0.39, 0.29) is 18.4 Å². The van der Waals surface area contributed by atoms with Crippen LogP contribution in [0.1, 0.15) is 33.2 Å². The van der Waals surface area contributed by atoms with E-state index in [1.165, 1.54) is 11.3 Å². The van der Waals surface area contributed by atoms with Crippen molar-refractivity contribution in [2.24, 2.45) is 5.92 Å². The third-order valence-electron chi connectivity index (χ3n) is 5.48. The van der Waals surface area contributed by atoms with E-state index in [0.29, 0.717) is 41.3 Å². The molecule has 1 aliphatic rings. The van der Waals surface area contributed by atoms with Crippen LogP contribution in [0.15, 0.2) is 60.0 Å². The van der Waals surface area contributed by atoms with Gasteiger partial charge < -0.3 is 15.2 Å². The summed E-state index contributed by atoms with van der Waals surface area (Å²) in [5.41, 5.74) is 3.32. The van der Waals surface area contributed by atoms with Crippen molar-refractivity contribution < 1.29 is 24.2 Å². The molecule has 170 valence electrons. The Morgan fingerprint density at radius 1 is 1.12 bits per heavy atom. The number of hydrogen-bond donors (Lipinski definition) is 2. The van der Waals surface area contributed by atoms with E-state index < -0.39 is 11.9 Å². The molecule has 3 aromatic rings. The number of carboxylic acids is 1. The Balaban J connectivity index is 1.52. The summed E-state index contributed by atoms with van der Waals surface area (Å²) in [7, 11) is 0. The molecule has 1 amide bonds.